The van der Waals surface area contributed by atoms with Crippen molar-refractivity contribution in [1.82, 2.24) is 5.32 Å². The van der Waals surface area contributed by atoms with Gasteiger partial charge in [-0.15, -0.1) is 11.3 Å². The van der Waals surface area contributed by atoms with E-state index in [9.17, 15) is 9.90 Å². The van der Waals surface area contributed by atoms with E-state index >= 15 is 0 Å². The number of phenolic OH excluding ortho intramolecular Hbond substituents is 1. The number of nitrogens with one attached hydrogen (secondary N) is 2. The van der Waals surface area contributed by atoms with Crippen molar-refractivity contribution in [2.45, 2.75) is 0 Å². The van der Waals surface area contributed by atoms with Crippen LogP contribution in [0.25, 0.3) is 0 Å². The molecule has 0 radical (unpaired) electrons. The van der Waals surface area contributed by atoms with Gasteiger partial charge in [0, 0.05) is 5.69 Å². The second kappa shape index (κ2) is 6.41. The predicted octanol–water partition coefficient (Wildman–Crippen LogP) is 3.89. The molecule has 104 valence electrons. The lowest BCUT2D eigenvalue weighted by molar-refractivity contribution is 0.0981. The SMILES string of the molecule is O=C(NC(=S)Nc1cc(Cl)c(O)c(Cl)c1)c1cccs1. The van der Waals surface area contributed by atoms with Crippen molar-refractivity contribution in [2.24, 2.45) is 0 Å². The minimum Gasteiger partial charge on any atom is -0.505 e. The molecule has 0 aliphatic heterocycles. The van der Waals surface area contributed by atoms with Gasteiger partial charge >= 0.3 is 0 Å². The van der Waals surface area contributed by atoms with E-state index in [2.05, 4.69) is 10.6 Å². The van der Waals surface area contributed by atoms with Crippen LogP contribution in [0.2, 0.25) is 10.0 Å². The van der Waals surface area contributed by atoms with Crippen LogP contribution in [-0.4, -0.2) is 16.1 Å². The van der Waals surface area contributed by atoms with E-state index in [4.69, 9.17) is 35.4 Å². The summed E-state index contributed by atoms with van der Waals surface area (Å²) in [5, 5.41) is 16.8. The number of carbonyl (C=O) groups excluding carboxylic acids is 1. The van der Waals surface area contributed by atoms with Crippen LogP contribution in [0.15, 0.2) is 29.6 Å². The van der Waals surface area contributed by atoms with Crippen LogP contribution in [-0.2, 0) is 0 Å². The molecule has 0 saturated carbocycles. The summed E-state index contributed by atoms with van der Waals surface area (Å²) < 4.78 is 0. The molecular weight excluding hydrogens is 339 g/mol. The van der Waals surface area contributed by atoms with Crippen molar-refractivity contribution in [1.29, 1.82) is 0 Å². The lowest BCUT2D eigenvalue weighted by Gasteiger charge is -2.10. The number of thiophene rings is 1. The molecule has 0 saturated heterocycles. The number of aromatic hydroxyl groups is 1. The van der Waals surface area contributed by atoms with Crippen molar-refractivity contribution in [3.8, 4) is 5.75 Å². The van der Waals surface area contributed by atoms with Gasteiger partial charge in [-0.2, -0.15) is 0 Å². The maximum absolute atomic E-state index is 11.8. The number of hydrogen-bond acceptors (Lipinski definition) is 4. The van der Waals surface area contributed by atoms with E-state index < -0.39 is 0 Å². The summed E-state index contributed by atoms with van der Waals surface area (Å²) in [5.74, 6) is -0.499. The molecule has 0 unspecified atom stereocenters. The standard InChI is InChI=1S/C12H8Cl2N2O2S2/c13-7-4-6(5-8(14)10(7)17)15-12(19)16-11(18)9-2-1-3-20-9/h1-5,17H,(H2,15,16,18,19). The second-order valence-corrected chi connectivity index (χ2v) is 5.84. The summed E-state index contributed by atoms with van der Waals surface area (Å²) in [6.07, 6.45) is 0. The average molecular weight is 347 g/mol. The van der Waals surface area contributed by atoms with Crippen LogP contribution in [0.5, 0.6) is 5.75 Å². The number of thiocarbonyl (C=S) groups is 1. The van der Waals surface area contributed by atoms with Crippen molar-refractivity contribution >= 4 is 63.5 Å². The fourth-order valence-corrected chi connectivity index (χ4v) is 2.69. The summed E-state index contributed by atoms with van der Waals surface area (Å²) >= 11 is 17.9. The normalized spacial score (nSPS) is 10.1. The van der Waals surface area contributed by atoms with Gasteiger partial charge < -0.3 is 10.4 Å². The Morgan fingerprint density at radius 3 is 2.50 bits per heavy atom. The first-order chi connectivity index (χ1) is 9.47. The molecule has 20 heavy (non-hydrogen) atoms. The van der Waals surface area contributed by atoms with Crippen LogP contribution in [0.3, 0.4) is 0 Å². The Kier molecular flexibility index (Phi) is 4.82. The molecule has 0 atom stereocenters. The lowest BCUT2D eigenvalue weighted by Crippen LogP contribution is -2.33. The number of benzene rings is 1. The second-order valence-electron chi connectivity index (χ2n) is 3.67. The van der Waals surface area contributed by atoms with Gasteiger partial charge in [-0.3, -0.25) is 10.1 Å². The van der Waals surface area contributed by atoms with Crippen LogP contribution >= 0.6 is 46.8 Å². The third-order valence-corrected chi connectivity index (χ3v) is 3.90. The molecule has 0 bridgehead atoms. The first-order valence-corrected chi connectivity index (χ1v) is 7.35. The number of anilines is 1. The van der Waals surface area contributed by atoms with Gasteiger partial charge in [0.15, 0.2) is 10.9 Å². The Balaban J connectivity index is 2.03. The van der Waals surface area contributed by atoms with Crippen molar-refractivity contribution in [3.63, 3.8) is 0 Å². The first kappa shape index (κ1) is 15.1. The minimum absolute atomic E-state index is 0.0902. The van der Waals surface area contributed by atoms with Crippen LogP contribution in [0.4, 0.5) is 5.69 Å². The lowest BCUT2D eigenvalue weighted by atomic mass is 10.3. The van der Waals surface area contributed by atoms with Gasteiger partial charge in [0.1, 0.15) is 0 Å². The Bertz CT molecular complexity index is 636. The highest BCUT2D eigenvalue weighted by Crippen LogP contribution is 2.34. The number of phenols is 1. The van der Waals surface area contributed by atoms with E-state index in [0.29, 0.717) is 10.6 Å². The highest BCUT2D eigenvalue weighted by atomic mass is 35.5. The maximum Gasteiger partial charge on any atom is 0.267 e. The summed E-state index contributed by atoms with van der Waals surface area (Å²) in [4.78, 5) is 12.3. The largest absolute Gasteiger partial charge is 0.505 e. The van der Waals surface area contributed by atoms with Gasteiger partial charge in [-0.25, -0.2) is 0 Å². The van der Waals surface area contributed by atoms with E-state index in [-0.39, 0.29) is 26.8 Å². The van der Waals surface area contributed by atoms with E-state index in [1.165, 1.54) is 23.5 Å². The summed E-state index contributed by atoms with van der Waals surface area (Å²) in [6, 6.07) is 6.37. The molecule has 1 heterocycles. The molecular formula is C12H8Cl2N2O2S2. The molecule has 0 fully saturated rings. The highest BCUT2D eigenvalue weighted by Gasteiger charge is 2.11. The number of amides is 1. The predicted molar refractivity (Wildman–Crippen MR) is 86.1 cm³/mol. The molecule has 1 aromatic carbocycles. The van der Waals surface area contributed by atoms with Crippen molar-refractivity contribution < 1.29 is 9.90 Å². The molecule has 8 heteroatoms. The first-order valence-electron chi connectivity index (χ1n) is 5.31. The van der Waals surface area contributed by atoms with Crippen LogP contribution in [0, 0.1) is 0 Å². The summed E-state index contributed by atoms with van der Waals surface area (Å²) in [5.41, 5.74) is 0.467. The summed E-state index contributed by atoms with van der Waals surface area (Å²) in [7, 11) is 0. The van der Waals surface area contributed by atoms with E-state index in [1.807, 2.05) is 0 Å². The minimum atomic E-state index is -0.298. The number of carbonyl (C=O) groups is 1. The highest BCUT2D eigenvalue weighted by molar-refractivity contribution is 7.80. The zero-order valence-electron chi connectivity index (χ0n) is 9.81. The van der Waals surface area contributed by atoms with Gasteiger partial charge in [-0.1, -0.05) is 29.3 Å². The Morgan fingerprint density at radius 2 is 1.95 bits per heavy atom. The molecule has 0 aliphatic carbocycles. The van der Waals surface area contributed by atoms with Crippen LogP contribution < -0.4 is 10.6 Å². The molecule has 2 rings (SSSR count). The smallest absolute Gasteiger partial charge is 0.267 e. The van der Waals surface area contributed by atoms with Crippen molar-refractivity contribution in [2.75, 3.05) is 5.32 Å². The zero-order chi connectivity index (χ0) is 14.7. The van der Waals surface area contributed by atoms with E-state index in [0.717, 1.165) is 0 Å². The van der Waals surface area contributed by atoms with E-state index in [1.54, 1.807) is 17.5 Å². The monoisotopic (exact) mass is 346 g/mol. The molecule has 2 aromatic rings. The van der Waals surface area contributed by atoms with Crippen LogP contribution in [0.1, 0.15) is 9.67 Å². The zero-order valence-corrected chi connectivity index (χ0v) is 13.0. The molecule has 0 spiro atoms. The third kappa shape index (κ3) is 3.61. The summed E-state index contributed by atoms with van der Waals surface area (Å²) in [6.45, 7) is 0. The Morgan fingerprint density at radius 1 is 1.30 bits per heavy atom. The fraction of sp³-hybridized carbons (Fsp3) is 0. The number of halogens is 2. The number of rotatable bonds is 2. The maximum atomic E-state index is 11.8. The van der Waals surface area contributed by atoms with Gasteiger partial charge in [0.05, 0.1) is 14.9 Å². The molecule has 0 aliphatic rings. The fourth-order valence-electron chi connectivity index (χ4n) is 1.37. The molecule has 1 amide bonds. The third-order valence-electron chi connectivity index (χ3n) is 2.25. The quantitative estimate of drug-likeness (QED) is 0.570. The number of hydrogen-bond donors (Lipinski definition) is 3. The Labute approximate surface area is 134 Å². The molecule has 4 nitrogen and oxygen atoms in total. The van der Waals surface area contributed by atoms with Gasteiger partial charge in [0.2, 0.25) is 0 Å². The average Bonchev–Trinajstić information content (AvgIpc) is 2.89. The van der Waals surface area contributed by atoms with Gasteiger partial charge in [0.25, 0.3) is 5.91 Å². The topological polar surface area (TPSA) is 61.4 Å². The molecule has 1 aromatic heterocycles. The van der Waals surface area contributed by atoms with Gasteiger partial charge in [-0.05, 0) is 35.8 Å². The van der Waals surface area contributed by atoms with Crippen molar-refractivity contribution in [3.05, 3.63) is 44.6 Å². The Hall–Kier alpha value is -1.34. The molecule has 3 N–H and O–H groups in total.